The Labute approximate surface area is 126 Å². The number of nitrogens with zero attached hydrogens (tertiary/aromatic N) is 2. The van der Waals surface area contributed by atoms with Gasteiger partial charge in [0.2, 0.25) is 0 Å². The summed E-state index contributed by atoms with van der Waals surface area (Å²) in [5, 5.41) is 0.397. The number of pyridine rings is 1. The van der Waals surface area contributed by atoms with Crippen LogP contribution in [0.5, 0.6) is 5.75 Å². The van der Waals surface area contributed by atoms with Gasteiger partial charge in [0.1, 0.15) is 11.4 Å². The van der Waals surface area contributed by atoms with Crippen LogP contribution in [-0.2, 0) is 0 Å². The standard InChI is InChI=1S/C16H13ClN2O2/c1-10-6-7-12(17)14(8-10)21-16(20)13-9-19-11(2)4-3-5-15(19)18-13/h3-9H,1-2H3. The molecule has 21 heavy (non-hydrogen) atoms. The molecule has 3 rings (SSSR count). The normalized spacial score (nSPS) is 10.8. The molecule has 3 aromatic rings. The number of hydrogen-bond acceptors (Lipinski definition) is 3. The second-order valence-corrected chi connectivity index (χ2v) is 5.25. The molecular formula is C16H13ClN2O2. The summed E-state index contributed by atoms with van der Waals surface area (Å²) in [7, 11) is 0. The molecule has 1 aromatic carbocycles. The lowest BCUT2D eigenvalue weighted by atomic mass is 10.2. The van der Waals surface area contributed by atoms with E-state index in [1.165, 1.54) is 0 Å². The molecule has 0 saturated heterocycles. The molecule has 0 radical (unpaired) electrons. The maximum Gasteiger partial charge on any atom is 0.364 e. The summed E-state index contributed by atoms with van der Waals surface area (Å²) in [4.78, 5) is 16.5. The van der Waals surface area contributed by atoms with Crippen LogP contribution in [0, 0.1) is 13.8 Å². The second kappa shape index (κ2) is 5.22. The number of imidazole rings is 1. The fourth-order valence-corrected chi connectivity index (χ4v) is 2.24. The summed E-state index contributed by atoms with van der Waals surface area (Å²) >= 11 is 6.03. The van der Waals surface area contributed by atoms with Gasteiger partial charge in [-0.1, -0.05) is 23.7 Å². The van der Waals surface area contributed by atoms with Crippen molar-refractivity contribution in [1.29, 1.82) is 0 Å². The zero-order chi connectivity index (χ0) is 15.0. The molecule has 4 nitrogen and oxygen atoms in total. The van der Waals surface area contributed by atoms with E-state index in [0.717, 1.165) is 11.3 Å². The summed E-state index contributed by atoms with van der Waals surface area (Å²) in [5.74, 6) is -0.180. The van der Waals surface area contributed by atoms with Crippen LogP contribution in [-0.4, -0.2) is 15.4 Å². The predicted molar refractivity (Wildman–Crippen MR) is 81.1 cm³/mol. The summed E-state index contributed by atoms with van der Waals surface area (Å²) < 4.78 is 7.18. The topological polar surface area (TPSA) is 43.6 Å². The Morgan fingerprint density at radius 3 is 2.81 bits per heavy atom. The van der Waals surface area contributed by atoms with Crippen LogP contribution in [0.2, 0.25) is 5.02 Å². The van der Waals surface area contributed by atoms with Gasteiger partial charge in [0.05, 0.1) is 5.02 Å². The Morgan fingerprint density at radius 1 is 1.24 bits per heavy atom. The van der Waals surface area contributed by atoms with Crippen molar-refractivity contribution in [1.82, 2.24) is 9.38 Å². The Kier molecular flexibility index (Phi) is 3.39. The summed E-state index contributed by atoms with van der Waals surface area (Å²) in [6.07, 6.45) is 1.66. The first-order valence-electron chi connectivity index (χ1n) is 6.47. The lowest BCUT2D eigenvalue weighted by Crippen LogP contribution is -2.09. The third-order valence-corrected chi connectivity index (χ3v) is 3.51. The molecule has 0 fully saturated rings. The molecule has 0 atom stereocenters. The third-order valence-electron chi connectivity index (χ3n) is 3.19. The van der Waals surface area contributed by atoms with Crippen molar-refractivity contribution < 1.29 is 9.53 Å². The number of halogens is 1. The highest BCUT2D eigenvalue weighted by atomic mass is 35.5. The zero-order valence-electron chi connectivity index (χ0n) is 11.6. The number of aryl methyl sites for hydroxylation is 2. The zero-order valence-corrected chi connectivity index (χ0v) is 12.4. The monoisotopic (exact) mass is 300 g/mol. The van der Waals surface area contributed by atoms with Gasteiger partial charge in [0.25, 0.3) is 0 Å². The van der Waals surface area contributed by atoms with E-state index < -0.39 is 5.97 Å². The Morgan fingerprint density at radius 2 is 2.05 bits per heavy atom. The lowest BCUT2D eigenvalue weighted by molar-refractivity contribution is 0.0729. The highest BCUT2D eigenvalue weighted by Crippen LogP contribution is 2.26. The van der Waals surface area contributed by atoms with Crippen molar-refractivity contribution in [2.75, 3.05) is 0 Å². The van der Waals surface area contributed by atoms with E-state index in [9.17, 15) is 4.79 Å². The highest BCUT2D eigenvalue weighted by molar-refractivity contribution is 6.32. The molecule has 0 N–H and O–H groups in total. The van der Waals surface area contributed by atoms with Gasteiger partial charge in [0.15, 0.2) is 5.69 Å². The maximum absolute atomic E-state index is 12.2. The van der Waals surface area contributed by atoms with Gasteiger partial charge >= 0.3 is 5.97 Å². The molecule has 2 aromatic heterocycles. The number of fused-ring (bicyclic) bond motifs is 1. The smallest absolute Gasteiger partial charge is 0.364 e. The van der Waals surface area contributed by atoms with Crippen LogP contribution in [0.1, 0.15) is 21.7 Å². The van der Waals surface area contributed by atoms with Crippen molar-refractivity contribution in [3.05, 3.63) is 64.6 Å². The van der Waals surface area contributed by atoms with Crippen LogP contribution < -0.4 is 4.74 Å². The average molecular weight is 301 g/mol. The number of carbonyl (C=O) groups excluding carboxylic acids is 1. The van der Waals surface area contributed by atoms with Crippen LogP contribution in [0.3, 0.4) is 0 Å². The Balaban J connectivity index is 1.93. The third kappa shape index (κ3) is 2.62. The molecular weight excluding hydrogens is 288 g/mol. The van der Waals surface area contributed by atoms with Gasteiger partial charge in [-0.05, 0) is 43.7 Å². The van der Waals surface area contributed by atoms with Crippen molar-refractivity contribution in [3.8, 4) is 5.75 Å². The van der Waals surface area contributed by atoms with E-state index in [-0.39, 0.29) is 5.69 Å². The van der Waals surface area contributed by atoms with Gasteiger partial charge in [0, 0.05) is 11.9 Å². The lowest BCUT2D eigenvalue weighted by Gasteiger charge is -2.05. The summed E-state index contributed by atoms with van der Waals surface area (Å²) in [5.41, 5.74) is 2.92. The quantitative estimate of drug-likeness (QED) is 0.534. The van der Waals surface area contributed by atoms with E-state index >= 15 is 0 Å². The molecule has 2 heterocycles. The van der Waals surface area contributed by atoms with Gasteiger partial charge in [-0.25, -0.2) is 9.78 Å². The van der Waals surface area contributed by atoms with E-state index in [1.807, 2.05) is 42.5 Å². The molecule has 0 unspecified atom stereocenters. The molecule has 0 saturated carbocycles. The largest absolute Gasteiger partial charge is 0.420 e. The van der Waals surface area contributed by atoms with E-state index in [1.54, 1.807) is 18.3 Å². The number of rotatable bonds is 2. The van der Waals surface area contributed by atoms with E-state index in [0.29, 0.717) is 16.4 Å². The number of carbonyl (C=O) groups is 1. The first kappa shape index (κ1) is 13.6. The maximum atomic E-state index is 12.2. The first-order chi connectivity index (χ1) is 10.0. The van der Waals surface area contributed by atoms with E-state index in [4.69, 9.17) is 16.3 Å². The molecule has 0 aliphatic heterocycles. The fraction of sp³-hybridized carbons (Fsp3) is 0.125. The number of benzene rings is 1. The van der Waals surface area contributed by atoms with Crippen LogP contribution >= 0.6 is 11.6 Å². The highest BCUT2D eigenvalue weighted by Gasteiger charge is 2.15. The molecule has 5 heteroatoms. The SMILES string of the molecule is Cc1ccc(Cl)c(OC(=O)c2cn3c(C)cccc3n2)c1. The van der Waals surface area contributed by atoms with Crippen molar-refractivity contribution in [2.45, 2.75) is 13.8 Å². The molecule has 0 aliphatic carbocycles. The minimum absolute atomic E-state index is 0.252. The minimum atomic E-state index is -0.523. The molecule has 0 aliphatic rings. The van der Waals surface area contributed by atoms with Gasteiger partial charge in [-0.3, -0.25) is 0 Å². The Bertz CT molecular complexity index is 839. The Hall–Kier alpha value is -2.33. The van der Waals surface area contributed by atoms with Crippen molar-refractivity contribution in [3.63, 3.8) is 0 Å². The minimum Gasteiger partial charge on any atom is -0.420 e. The molecule has 106 valence electrons. The second-order valence-electron chi connectivity index (χ2n) is 4.84. The number of esters is 1. The van der Waals surface area contributed by atoms with Crippen molar-refractivity contribution >= 4 is 23.2 Å². The van der Waals surface area contributed by atoms with Crippen LogP contribution in [0.25, 0.3) is 5.65 Å². The number of ether oxygens (including phenoxy) is 1. The van der Waals surface area contributed by atoms with Gasteiger partial charge in [-0.15, -0.1) is 0 Å². The predicted octanol–water partition coefficient (Wildman–Crippen LogP) is 3.82. The first-order valence-corrected chi connectivity index (χ1v) is 6.85. The summed E-state index contributed by atoms with van der Waals surface area (Å²) in [6.45, 7) is 3.85. The summed E-state index contributed by atoms with van der Waals surface area (Å²) in [6, 6.07) is 11.0. The molecule has 0 amide bonds. The molecule has 0 spiro atoms. The average Bonchev–Trinajstić information content (AvgIpc) is 2.88. The molecule has 0 bridgehead atoms. The van der Waals surface area contributed by atoms with Gasteiger partial charge < -0.3 is 9.14 Å². The van der Waals surface area contributed by atoms with Crippen molar-refractivity contribution in [2.24, 2.45) is 0 Å². The van der Waals surface area contributed by atoms with Gasteiger partial charge in [-0.2, -0.15) is 0 Å². The van der Waals surface area contributed by atoms with Crippen LogP contribution in [0.15, 0.2) is 42.6 Å². The van der Waals surface area contributed by atoms with Crippen LogP contribution in [0.4, 0.5) is 0 Å². The number of hydrogen-bond donors (Lipinski definition) is 0. The van der Waals surface area contributed by atoms with E-state index in [2.05, 4.69) is 4.98 Å². The fourth-order valence-electron chi connectivity index (χ4n) is 2.09. The number of aromatic nitrogens is 2.